The molecule has 1 amide bonds. The molecule has 0 aliphatic heterocycles. The lowest BCUT2D eigenvalue weighted by Crippen LogP contribution is -2.30. The van der Waals surface area contributed by atoms with Crippen molar-refractivity contribution in [3.05, 3.63) is 58.6 Å². The molecule has 9 heteroatoms. The van der Waals surface area contributed by atoms with Gasteiger partial charge in [-0.1, -0.05) is 0 Å². The van der Waals surface area contributed by atoms with E-state index in [1.807, 2.05) is 4.72 Å². The van der Waals surface area contributed by atoms with Crippen molar-refractivity contribution in [2.45, 2.75) is 17.7 Å². The highest BCUT2D eigenvalue weighted by atomic mass is 79.9. The van der Waals surface area contributed by atoms with Gasteiger partial charge in [-0.05, 0) is 46.3 Å². The Labute approximate surface area is 146 Å². The minimum Gasteiger partial charge on any atom is -0.294 e. The first kappa shape index (κ1) is 18.2. The number of Topliss-reactive ketones (excluding diaryl/α,β-unsaturated/α-hetero) is 1. The second kappa shape index (κ2) is 7.63. The largest absolute Gasteiger partial charge is 0.294 e. The minimum atomic E-state index is -4.05. The molecule has 1 heterocycles. The van der Waals surface area contributed by atoms with Gasteiger partial charge in [-0.15, -0.1) is 0 Å². The van der Waals surface area contributed by atoms with Crippen molar-refractivity contribution in [1.29, 1.82) is 0 Å². The molecule has 126 valence electrons. The fraction of sp³-hybridized carbons (Fsp3) is 0.133. The van der Waals surface area contributed by atoms with Crippen LogP contribution in [-0.4, -0.2) is 25.1 Å². The van der Waals surface area contributed by atoms with Gasteiger partial charge in [-0.2, -0.15) is 0 Å². The number of benzene rings is 1. The number of ketones is 1. The molecule has 6 nitrogen and oxygen atoms in total. The van der Waals surface area contributed by atoms with Crippen LogP contribution in [0.2, 0.25) is 0 Å². The van der Waals surface area contributed by atoms with Gasteiger partial charge < -0.3 is 0 Å². The third kappa shape index (κ3) is 4.93. The topological polar surface area (TPSA) is 93.2 Å². The number of hydrogen-bond donors (Lipinski definition) is 1. The molecule has 0 saturated heterocycles. The van der Waals surface area contributed by atoms with Crippen LogP contribution in [0.5, 0.6) is 0 Å². The SMILES string of the molecule is O=C(CCC(=O)c1ccc(F)cc1)NS(=O)(=O)c1cncc(Br)c1. The molecular formula is C15H12BrFN2O4S. The van der Waals surface area contributed by atoms with E-state index in [0.717, 1.165) is 18.3 Å². The number of pyridine rings is 1. The van der Waals surface area contributed by atoms with E-state index in [1.165, 1.54) is 24.4 Å². The molecule has 1 aromatic carbocycles. The van der Waals surface area contributed by atoms with Crippen molar-refractivity contribution >= 4 is 37.6 Å². The van der Waals surface area contributed by atoms with Crippen molar-refractivity contribution in [3.8, 4) is 0 Å². The second-order valence-corrected chi connectivity index (χ2v) is 7.40. The normalized spacial score (nSPS) is 11.1. The zero-order valence-electron chi connectivity index (χ0n) is 12.2. The summed E-state index contributed by atoms with van der Waals surface area (Å²) in [4.78, 5) is 27.2. The average molecular weight is 415 g/mol. The fourth-order valence-electron chi connectivity index (χ4n) is 1.81. The maximum absolute atomic E-state index is 12.8. The van der Waals surface area contributed by atoms with E-state index < -0.39 is 21.7 Å². The third-order valence-corrected chi connectivity index (χ3v) is 4.76. The standard InChI is InChI=1S/C15H12BrFN2O4S/c16-11-7-13(9-18-8-11)24(22,23)19-15(21)6-5-14(20)10-1-3-12(17)4-2-10/h1-4,7-9H,5-6H2,(H,19,21). The molecule has 2 aromatic rings. The predicted molar refractivity (Wildman–Crippen MR) is 87.2 cm³/mol. The van der Waals surface area contributed by atoms with Gasteiger partial charge in [0.15, 0.2) is 5.78 Å². The van der Waals surface area contributed by atoms with E-state index >= 15 is 0 Å². The Morgan fingerprint density at radius 2 is 1.79 bits per heavy atom. The molecular weight excluding hydrogens is 403 g/mol. The van der Waals surface area contributed by atoms with Crippen LogP contribution in [0.25, 0.3) is 0 Å². The Morgan fingerprint density at radius 3 is 2.42 bits per heavy atom. The summed E-state index contributed by atoms with van der Waals surface area (Å²) in [7, 11) is -4.05. The number of aromatic nitrogens is 1. The molecule has 0 atom stereocenters. The maximum atomic E-state index is 12.8. The van der Waals surface area contributed by atoms with Gasteiger partial charge in [0.1, 0.15) is 10.7 Å². The first-order chi connectivity index (χ1) is 11.3. The van der Waals surface area contributed by atoms with E-state index in [-0.39, 0.29) is 29.1 Å². The molecule has 0 aliphatic carbocycles. The maximum Gasteiger partial charge on any atom is 0.265 e. The van der Waals surface area contributed by atoms with Crippen molar-refractivity contribution < 1.29 is 22.4 Å². The van der Waals surface area contributed by atoms with E-state index in [1.54, 1.807) is 0 Å². The van der Waals surface area contributed by atoms with Crippen LogP contribution in [0.4, 0.5) is 4.39 Å². The Hall–Kier alpha value is -2.13. The molecule has 0 saturated carbocycles. The number of rotatable bonds is 6. The van der Waals surface area contributed by atoms with Crippen LogP contribution in [0.3, 0.4) is 0 Å². The van der Waals surface area contributed by atoms with E-state index in [0.29, 0.717) is 4.47 Å². The summed E-state index contributed by atoms with van der Waals surface area (Å²) in [5.41, 5.74) is 0.253. The summed E-state index contributed by atoms with van der Waals surface area (Å²) < 4.78 is 39.2. The van der Waals surface area contributed by atoms with Crippen molar-refractivity contribution in [2.75, 3.05) is 0 Å². The summed E-state index contributed by atoms with van der Waals surface area (Å²) in [6.07, 6.45) is 2.01. The Bertz CT molecular complexity index is 869. The van der Waals surface area contributed by atoms with Gasteiger partial charge in [0.25, 0.3) is 10.0 Å². The van der Waals surface area contributed by atoms with E-state index in [4.69, 9.17) is 0 Å². The Balaban J connectivity index is 1.95. The van der Waals surface area contributed by atoms with Gasteiger partial charge in [-0.3, -0.25) is 14.6 Å². The summed E-state index contributed by atoms with van der Waals surface area (Å²) in [5, 5.41) is 0. The van der Waals surface area contributed by atoms with Crippen LogP contribution in [-0.2, 0) is 14.8 Å². The smallest absolute Gasteiger partial charge is 0.265 e. The molecule has 0 unspecified atom stereocenters. The monoisotopic (exact) mass is 414 g/mol. The predicted octanol–water partition coefficient (Wildman–Crippen LogP) is 2.45. The number of hydrogen-bond acceptors (Lipinski definition) is 5. The first-order valence-corrected chi connectivity index (χ1v) is 9.00. The number of carbonyl (C=O) groups excluding carboxylic acids is 2. The van der Waals surface area contributed by atoms with Crippen LogP contribution in [0.1, 0.15) is 23.2 Å². The number of amides is 1. The van der Waals surface area contributed by atoms with Gasteiger partial charge in [-0.25, -0.2) is 17.5 Å². The van der Waals surface area contributed by atoms with Crippen LogP contribution in [0, 0.1) is 5.82 Å². The lowest BCUT2D eigenvalue weighted by atomic mass is 10.1. The molecule has 0 radical (unpaired) electrons. The quantitative estimate of drug-likeness (QED) is 0.732. The molecule has 0 spiro atoms. The van der Waals surface area contributed by atoms with Crippen molar-refractivity contribution in [2.24, 2.45) is 0 Å². The highest BCUT2D eigenvalue weighted by Gasteiger charge is 2.19. The summed E-state index contributed by atoms with van der Waals surface area (Å²) in [5.74, 6) is -1.67. The summed E-state index contributed by atoms with van der Waals surface area (Å²) >= 11 is 3.09. The molecule has 0 fully saturated rings. The lowest BCUT2D eigenvalue weighted by Gasteiger charge is -2.07. The molecule has 0 aliphatic rings. The molecule has 0 bridgehead atoms. The highest BCUT2D eigenvalue weighted by Crippen LogP contribution is 2.14. The molecule has 2 rings (SSSR count). The average Bonchev–Trinajstić information content (AvgIpc) is 2.53. The van der Waals surface area contributed by atoms with Gasteiger partial charge in [0, 0.05) is 35.3 Å². The Morgan fingerprint density at radius 1 is 1.12 bits per heavy atom. The van der Waals surface area contributed by atoms with Crippen LogP contribution < -0.4 is 4.72 Å². The minimum absolute atomic E-state index is 0.171. The Kier molecular flexibility index (Phi) is 5.79. The van der Waals surface area contributed by atoms with E-state index in [2.05, 4.69) is 20.9 Å². The molecule has 1 N–H and O–H groups in total. The third-order valence-electron chi connectivity index (χ3n) is 2.98. The summed E-state index contributed by atoms with van der Waals surface area (Å²) in [6, 6.07) is 6.18. The van der Waals surface area contributed by atoms with Gasteiger partial charge in [0.2, 0.25) is 5.91 Å². The van der Waals surface area contributed by atoms with Gasteiger partial charge in [0.05, 0.1) is 0 Å². The number of halogens is 2. The van der Waals surface area contributed by atoms with Crippen molar-refractivity contribution in [1.82, 2.24) is 9.71 Å². The molecule has 24 heavy (non-hydrogen) atoms. The number of nitrogens with one attached hydrogen (secondary N) is 1. The summed E-state index contributed by atoms with van der Waals surface area (Å²) in [6.45, 7) is 0. The zero-order chi connectivity index (χ0) is 17.7. The first-order valence-electron chi connectivity index (χ1n) is 6.73. The molecule has 1 aromatic heterocycles. The number of carbonyl (C=O) groups is 2. The van der Waals surface area contributed by atoms with Crippen LogP contribution in [0.15, 0.2) is 52.1 Å². The number of nitrogens with zero attached hydrogens (tertiary/aromatic N) is 1. The van der Waals surface area contributed by atoms with E-state index in [9.17, 15) is 22.4 Å². The zero-order valence-corrected chi connectivity index (χ0v) is 14.6. The van der Waals surface area contributed by atoms with Gasteiger partial charge >= 0.3 is 0 Å². The highest BCUT2D eigenvalue weighted by molar-refractivity contribution is 9.10. The second-order valence-electron chi connectivity index (χ2n) is 4.80. The van der Waals surface area contributed by atoms with Crippen molar-refractivity contribution in [3.63, 3.8) is 0 Å². The fourth-order valence-corrected chi connectivity index (χ4v) is 3.32. The van der Waals surface area contributed by atoms with Crippen LogP contribution >= 0.6 is 15.9 Å². The lowest BCUT2D eigenvalue weighted by molar-refractivity contribution is -0.119. The number of sulfonamides is 1.